The van der Waals surface area contributed by atoms with E-state index in [-0.39, 0.29) is 10.6 Å². The van der Waals surface area contributed by atoms with Crippen LogP contribution in [0.2, 0.25) is 0 Å². The third-order valence-corrected chi connectivity index (χ3v) is 3.57. The number of fused-ring (bicyclic) bond motifs is 1. The van der Waals surface area contributed by atoms with Gasteiger partial charge >= 0.3 is 0 Å². The van der Waals surface area contributed by atoms with Crippen molar-refractivity contribution in [1.82, 2.24) is 0 Å². The molecule has 17 heavy (non-hydrogen) atoms. The fraction of sp³-hybridized carbons (Fsp3) is 0.500. The lowest BCUT2D eigenvalue weighted by Crippen LogP contribution is -2.20. The van der Waals surface area contributed by atoms with Crippen LogP contribution in [0.15, 0.2) is 12.1 Å². The SMILES string of the molecule is O=[N+]([O-])c1ccc2c(c1N1CCCC1)CCN2. The topological polar surface area (TPSA) is 58.4 Å². The number of nitrogens with one attached hydrogen (secondary N) is 1. The number of rotatable bonds is 2. The zero-order chi connectivity index (χ0) is 11.8. The molecular formula is C12H15N3O2. The average molecular weight is 233 g/mol. The minimum Gasteiger partial charge on any atom is -0.384 e. The molecule has 1 saturated heterocycles. The maximum atomic E-state index is 11.1. The monoisotopic (exact) mass is 233 g/mol. The molecule has 0 bridgehead atoms. The first-order valence-corrected chi connectivity index (χ1v) is 6.06. The summed E-state index contributed by atoms with van der Waals surface area (Å²) >= 11 is 0. The van der Waals surface area contributed by atoms with Gasteiger partial charge in [0.25, 0.3) is 5.69 Å². The summed E-state index contributed by atoms with van der Waals surface area (Å²) in [6.45, 7) is 2.77. The third-order valence-electron chi connectivity index (χ3n) is 3.57. The number of benzene rings is 1. The normalized spacial score (nSPS) is 18.0. The van der Waals surface area contributed by atoms with Gasteiger partial charge < -0.3 is 10.2 Å². The van der Waals surface area contributed by atoms with E-state index in [9.17, 15) is 10.1 Å². The van der Waals surface area contributed by atoms with Crippen molar-refractivity contribution < 1.29 is 4.92 Å². The van der Waals surface area contributed by atoms with Crippen molar-refractivity contribution >= 4 is 17.1 Å². The van der Waals surface area contributed by atoms with Crippen LogP contribution in [-0.4, -0.2) is 24.6 Å². The first-order valence-electron chi connectivity index (χ1n) is 6.06. The lowest BCUT2D eigenvalue weighted by atomic mass is 10.1. The molecule has 5 heteroatoms. The minimum atomic E-state index is -0.258. The highest BCUT2D eigenvalue weighted by Gasteiger charge is 2.28. The van der Waals surface area contributed by atoms with Gasteiger partial charge in [0, 0.05) is 37.0 Å². The highest BCUT2D eigenvalue weighted by atomic mass is 16.6. The van der Waals surface area contributed by atoms with Gasteiger partial charge in [-0.15, -0.1) is 0 Å². The number of nitro benzene ring substituents is 1. The largest absolute Gasteiger partial charge is 0.384 e. The van der Waals surface area contributed by atoms with E-state index in [4.69, 9.17) is 0 Å². The zero-order valence-corrected chi connectivity index (χ0v) is 9.61. The predicted molar refractivity (Wildman–Crippen MR) is 66.7 cm³/mol. The standard InChI is InChI=1S/C12H15N3O2/c16-15(17)11-4-3-10-9(5-6-13-10)12(11)14-7-1-2-8-14/h3-4,13H,1-2,5-8H2. The van der Waals surface area contributed by atoms with Crippen LogP contribution in [0, 0.1) is 10.1 Å². The van der Waals surface area contributed by atoms with Gasteiger partial charge in [0.2, 0.25) is 0 Å². The summed E-state index contributed by atoms with van der Waals surface area (Å²) in [7, 11) is 0. The van der Waals surface area contributed by atoms with E-state index in [2.05, 4.69) is 10.2 Å². The molecule has 1 aromatic rings. The molecule has 0 saturated carbocycles. The summed E-state index contributed by atoms with van der Waals surface area (Å²) in [6, 6.07) is 3.46. The van der Waals surface area contributed by atoms with Crippen LogP contribution in [0.4, 0.5) is 17.1 Å². The molecule has 0 unspecified atom stereocenters. The summed E-state index contributed by atoms with van der Waals surface area (Å²) in [6.07, 6.45) is 3.16. The molecule has 1 fully saturated rings. The summed E-state index contributed by atoms with van der Waals surface area (Å²) in [5, 5.41) is 14.4. The quantitative estimate of drug-likeness (QED) is 0.628. The molecular weight excluding hydrogens is 218 g/mol. The zero-order valence-electron chi connectivity index (χ0n) is 9.61. The van der Waals surface area contributed by atoms with Gasteiger partial charge in [-0.2, -0.15) is 0 Å². The van der Waals surface area contributed by atoms with Crippen LogP contribution in [0.3, 0.4) is 0 Å². The Morgan fingerprint density at radius 1 is 1.29 bits per heavy atom. The van der Waals surface area contributed by atoms with E-state index in [1.807, 2.05) is 6.07 Å². The van der Waals surface area contributed by atoms with E-state index < -0.39 is 0 Å². The molecule has 2 aliphatic heterocycles. The molecule has 0 atom stereocenters. The summed E-state index contributed by atoms with van der Waals surface area (Å²) in [5.74, 6) is 0. The van der Waals surface area contributed by atoms with E-state index in [1.54, 1.807) is 6.07 Å². The van der Waals surface area contributed by atoms with Gasteiger partial charge in [0.05, 0.1) is 4.92 Å². The second-order valence-corrected chi connectivity index (χ2v) is 4.59. The summed E-state index contributed by atoms with van der Waals surface area (Å²) in [5.41, 5.74) is 3.31. The van der Waals surface area contributed by atoms with Crippen LogP contribution in [0.25, 0.3) is 0 Å². The Kier molecular flexibility index (Phi) is 2.39. The Morgan fingerprint density at radius 2 is 2.06 bits per heavy atom. The van der Waals surface area contributed by atoms with Gasteiger partial charge in [-0.25, -0.2) is 0 Å². The average Bonchev–Trinajstić information content (AvgIpc) is 2.98. The molecule has 0 spiro atoms. The Bertz CT molecular complexity index is 467. The molecule has 2 heterocycles. The first-order chi connectivity index (χ1) is 8.27. The van der Waals surface area contributed by atoms with Gasteiger partial charge in [0.15, 0.2) is 0 Å². The molecule has 3 rings (SSSR count). The number of hydrogen-bond donors (Lipinski definition) is 1. The highest BCUT2D eigenvalue weighted by Crippen LogP contribution is 2.40. The molecule has 90 valence electrons. The lowest BCUT2D eigenvalue weighted by Gasteiger charge is -2.20. The number of anilines is 2. The second kappa shape index (κ2) is 3.91. The molecule has 5 nitrogen and oxygen atoms in total. The Hall–Kier alpha value is -1.78. The predicted octanol–water partition coefficient (Wildman–Crippen LogP) is 2.16. The van der Waals surface area contributed by atoms with E-state index in [0.717, 1.165) is 55.8 Å². The van der Waals surface area contributed by atoms with Crippen LogP contribution in [0.1, 0.15) is 18.4 Å². The lowest BCUT2D eigenvalue weighted by molar-refractivity contribution is -0.384. The van der Waals surface area contributed by atoms with Crippen molar-refractivity contribution in [3.8, 4) is 0 Å². The minimum absolute atomic E-state index is 0.258. The van der Waals surface area contributed by atoms with E-state index in [0.29, 0.717) is 0 Å². The van der Waals surface area contributed by atoms with Crippen molar-refractivity contribution in [2.45, 2.75) is 19.3 Å². The smallest absolute Gasteiger partial charge is 0.292 e. The van der Waals surface area contributed by atoms with E-state index in [1.165, 1.54) is 0 Å². The molecule has 1 aromatic carbocycles. The highest BCUT2D eigenvalue weighted by molar-refractivity contribution is 5.78. The van der Waals surface area contributed by atoms with Crippen molar-refractivity contribution in [2.24, 2.45) is 0 Å². The van der Waals surface area contributed by atoms with Crippen molar-refractivity contribution in [1.29, 1.82) is 0 Å². The fourth-order valence-corrected chi connectivity index (χ4v) is 2.81. The molecule has 1 N–H and O–H groups in total. The van der Waals surface area contributed by atoms with Crippen LogP contribution in [-0.2, 0) is 6.42 Å². The molecule has 0 aliphatic carbocycles. The third kappa shape index (κ3) is 1.62. The molecule has 0 radical (unpaired) electrons. The fourth-order valence-electron chi connectivity index (χ4n) is 2.81. The Labute approximate surface area is 99.6 Å². The van der Waals surface area contributed by atoms with Crippen LogP contribution in [0.5, 0.6) is 0 Å². The number of nitro groups is 1. The first kappa shape index (κ1) is 10.4. The van der Waals surface area contributed by atoms with Gasteiger partial charge in [0.1, 0.15) is 5.69 Å². The van der Waals surface area contributed by atoms with Crippen LogP contribution >= 0.6 is 0 Å². The van der Waals surface area contributed by atoms with Crippen molar-refractivity contribution in [2.75, 3.05) is 29.9 Å². The summed E-state index contributed by atoms with van der Waals surface area (Å²) < 4.78 is 0. The van der Waals surface area contributed by atoms with E-state index >= 15 is 0 Å². The van der Waals surface area contributed by atoms with Gasteiger partial charge in [-0.05, 0) is 25.3 Å². The van der Waals surface area contributed by atoms with Crippen LogP contribution < -0.4 is 10.2 Å². The molecule has 0 aromatic heterocycles. The maximum Gasteiger partial charge on any atom is 0.292 e. The maximum absolute atomic E-state index is 11.1. The Balaban J connectivity index is 2.13. The Morgan fingerprint density at radius 3 is 2.76 bits per heavy atom. The van der Waals surface area contributed by atoms with Gasteiger partial charge in [-0.3, -0.25) is 10.1 Å². The summed E-state index contributed by atoms with van der Waals surface area (Å²) in [4.78, 5) is 13.0. The molecule has 0 amide bonds. The number of nitrogens with zero attached hydrogens (tertiary/aromatic N) is 2. The second-order valence-electron chi connectivity index (χ2n) is 4.59. The van der Waals surface area contributed by atoms with Gasteiger partial charge in [-0.1, -0.05) is 0 Å². The van der Waals surface area contributed by atoms with Crippen molar-refractivity contribution in [3.05, 3.63) is 27.8 Å². The number of hydrogen-bond acceptors (Lipinski definition) is 4. The van der Waals surface area contributed by atoms with Crippen molar-refractivity contribution in [3.63, 3.8) is 0 Å². The molecule has 2 aliphatic rings.